The summed E-state index contributed by atoms with van der Waals surface area (Å²) in [7, 11) is 0. The van der Waals surface area contributed by atoms with Gasteiger partial charge >= 0.3 is 0 Å². The summed E-state index contributed by atoms with van der Waals surface area (Å²) in [5.41, 5.74) is 2.01. The van der Waals surface area contributed by atoms with Crippen LogP contribution in [0.25, 0.3) is 0 Å². The highest BCUT2D eigenvalue weighted by atomic mass is 19.1. The Labute approximate surface area is 218 Å². The monoisotopic (exact) mass is 514 g/mol. The van der Waals surface area contributed by atoms with Crippen LogP contribution in [-0.4, -0.2) is 84.9 Å². The molecule has 0 aliphatic carbocycles. The van der Waals surface area contributed by atoms with E-state index in [-0.39, 0.29) is 42.9 Å². The van der Waals surface area contributed by atoms with Gasteiger partial charge in [0.05, 0.1) is 25.7 Å². The third-order valence-corrected chi connectivity index (χ3v) is 7.60. The number of carbonyl (C=O) groups is 3. The van der Waals surface area contributed by atoms with Gasteiger partial charge in [0.1, 0.15) is 5.82 Å². The SMILES string of the molecule is CC1=C(C(=O)N2CCCCCC2)CC(CC(=O)NCCN2CCOCC2)C(=O)N1Cc1ccc(F)cc1. The van der Waals surface area contributed by atoms with Crippen LogP contribution in [0.5, 0.6) is 0 Å². The summed E-state index contributed by atoms with van der Waals surface area (Å²) >= 11 is 0. The molecule has 0 spiro atoms. The van der Waals surface area contributed by atoms with E-state index in [1.807, 2.05) is 11.8 Å². The van der Waals surface area contributed by atoms with Gasteiger partial charge in [-0.3, -0.25) is 19.3 Å². The van der Waals surface area contributed by atoms with Crippen molar-refractivity contribution in [3.63, 3.8) is 0 Å². The van der Waals surface area contributed by atoms with E-state index in [1.165, 1.54) is 12.1 Å². The molecule has 3 heterocycles. The normalized spacial score (nSPS) is 21.7. The molecule has 1 N–H and O–H groups in total. The third-order valence-electron chi connectivity index (χ3n) is 7.60. The molecule has 9 heteroatoms. The summed E-state index contributed by atoms with van der Waals surface area (Å²) in [6.07, 6.45) is 4.48. The highest BCUT2D eigenvalue weighted by Gasteiger charge is 2.37. The van der Waals surface area contributed by atoms with E-state index in [9.17, 15) is 18.8 Å². The fraction of sp³-hybridized carbons (Fsp3) is 0.607. The lowest BCUT2D eigenvalue weighted by Crippen LogP contribution is -2.45. The van der Waals surface area contributed by atoms with Gasteiger partial charge in [0.15, 0.2) is 0 Å². The van der Waals surface area contributed by atoms with E-state index < -0.39 is 5.92 Å². The van der Waals surface area contributed by atoms with Crippen LogP contribution in [0.2, 0.25) is 0 Å². The van der Waals surface area contributed by atoms with E-state index in [1.54, 1.807) is 17.0 Å². The first-order valence-electron chi connectivity index (χ1n) is 13.5. The summed E-state index contributed by atoms with van der Waals surface area (Å²) in [5.74, 6) is -1.34. The van der Waals surface area contributed by atoms with Crippen LogP contribution >= 0.6 is 0 Å². The minimum Gasteiger partial charge on any atom is -0.379 e. The van der Waals surface area contributed by atoms with Crippen LogP contribution in [0.15, 0.2) is 35.5 Å². The first-order valence-corrected chi connectivity index (χ1v) is 13.5. The number of allylic oxidation sites excluding steroid dienone is 1. The van der Waals surface area contributed by atoms with Gasteiger partial charge in [0.25, 0.3) is 5.91 Å². The molecule has 8 nitrogen and oxygen atoms in total. The Morgan fingerprint density at radius 1 is 1.03 bits per heavy atom. The van der Waals surface area contributed by atoms with E-state index in [0.717, 1.165) is 50.9 Å². The Balaban J connectivity index is 1.47. The molecule has 0 aromatic heterocycles. The quantitative estimate of drug-likeness (QED) is 0.577. The average molecular weight is 515 g/mol. The second-order valence-electron chi connectivity index (χ2n) is 10.2. The lowest BCUT2D eigenvalue weighted by molar-refractivity contribution is -0.139. The summed E-state index contributed by atoms with van der Waals surface area (Å²) < 4.78 is 18.8. The Morgan fingerprint density at radius 3 is 2.38 bits per heavy atom. The van der Waals surface area contributed by atoms with Gasteiger partial charge in [-0.1, -0.05) is 25.0 Å². The Kier molecular flexibility index (Phi) is 9.68. The zero-order chi connectivity index (χ0) is 26.2. The highest BCUT2D eigenvalue weighted by molar-refractivity contribution is 5.98. The van der Waals surface area contributed by atoms with Crippen molar-refractivity contribution in [1.82, 2.24) is 20.0 Å². The maximum Gasteiger partial charge on any atom is 0.251 e. The highest BCUT2D eigenvalue weighted by Crippen LogP contribution is 2.32. The number of nitrogens with one attached hydrogen (secondary N) is 1. The standard InChI is InChI=1S/C28H39FN4O4/c1-21-25(28(36)32-11-4-2-3-5-12-32)18-23(19-26(34)30-10-13-31-14-16-37-17-15-31)27(35)33(21)20-22-6-8-24(29)9-7-22/h6-9,23H,2-5,10-20H2,1H3,(H,30,34). The van der Waals surface area contributed by atoms with E-state index in [2.05, 4.69) is 10.2 Å². The van der Waals surface area contributed by atoms with Gasteiger partial charge in [0.2, 0.25) is 11.8 Å². The Bertz CT molecular complexity index is 982. The number of hydrogen-bond acceptors (Lipinski definition) is 5. The van der Waals surface area contributed by atoms with Crippen LogP contribution < -0.4 is 5.32 Å². The summed E-state index contributed by atoms with van der Waals surface area (Å²) in [4.78, 5) is 45.7. The van der Waals surface area contributed by atoms with Gasteiger partial charge in [-0.05, 0) is 43.9 Å². The lowest BCUT2D eigenvalue weighted by Gasteiger charge is -2.36. The third kappa shape index (κ3) is 7.38. The molecule has 0 bridgehead atoms. The molecule has 2 fully saturated rings. The number of halogens is 1. The molecule has 4 rings (SSSR count). The number of nitrogens with zero attached hydrogens (tertiary/aromatic N) is 3. The Morgan fingerprint density at radius 2 is 1.70 bits per heavy atom. The second kappa shape index (κ2) is 13.1. The van der Waals surface area contributed by atoms with Crippen molar-refractivity contribution in [2.24, 2.45) is 5.92 Å². The molecule has 3 aliphatic rings. The van der Waals surface area contributed by atoms with Crippen LogP contribution in [0, 0.1) is 11.7 Å². The number of benzene rings is 1. The molecule has 1 unspecified atom stereocenters. The van der Waals surface area contributed by atoms with Crippen LogP contribution in [0.4, 0.5) is 4.39 Å². The van der Waals surface area contributed by atoms with Crippen molar-refractivity contribution in [3.05, 3.63) is 46.9 Å². The van der Waals surface area contributed by atoms with Crippen molar-refractivity contribution in [3.8, 4) is 0 Å². The molecule has 0 radical (unpaired) electrons. The van der Waals surface area contributed by atoms with Gasteiger partial charge < -0.3 is 19.9 Å². The van der Waals surface area contributed by atoms with Crippen molar-refractivity contribution in [2.75, 3.05) is 52.5 Å². The molecular formula is C28H39FN4O4. The van der Waals surface area contributed by atoms with Gasteiger partial charge in [0, 0.05) is 57.0 Å². The minimum atomic E-state index is -0.613. The average Bonchev–Trinajstić information content (AvgIpc) is 3.19. The number of amides is 3. The fourth-order valence-corrected chi connectivity index (χ4v) is 5.34. The van der Waals surface area contributed by atoms with Gasteiger partial charge in [-0.25, -0.2) is 4.39 Å². The largest absolute Gasteiger partial charge is 0.379 e. The predicted molar refractivity (Wildman–Crippen MR) is 138 cm³/mol. The number of rotatable bonds is 8. The number of carbonyl (C=O) groups excluding carboxylic acids is 3. The molecule has 3 aliphatic heterocycles. The van der Waals surface area contributed by atoms with Crippen LogP contribution in [-0.2, 0) is 25.7 Å². The number of hydrogen-bond donors (Lipinski definition) is 1. The van der Waals surface area contributed by atoms with E-state index >= 15 is 0 Å². The molecule has 202 valence electrons. The molecule has 2 saturated heterocycles. The summed E-state index contributed by atoms with van der Waals surface area (Å²) in [6.45, 7) is 7.82. The van der Waals surface area contributed by atoms with Crippen LogP contribution in [0.1, 0.15) is 51.0 Å². The van der Waals surface area contributed by atoms with Crippen molar-refractivity contribution < 1.29 is 23.5 Å². The molecule has 1 aromatic rings. The first-order chi connectivity index (χ1) is 17.9. The van der Waals surface area contributed by atoms with E-state index in [0.29, 0.717) is 44.1 Å². The first kappa shape index (κ1) is 27.3. The van der Waals surface area contributed by atoms with Crippen molar-refractivity contribution in [1.29, 1.82) is 0 Å². The zero-order valence-electron chi connectivity index (χ0n) is 21.8. The minimum absolute atomic E-state index is 0.0336. The number of morpholine rings is 1. The van der Waals surface area contributed by atoms with Crippen LogP contribution in [0.3, 0.4) is 0 Å². The molecule has 37 heavy (non-hydrogen) atoms. The maximum absolute atomic E-state index is 13.6. The van der Waals surface area contributed by atoms with Gasteiger partial charge in [-0.15, -0.1) is 0 Å². The predicted octanol–water partition coefficient (Wildman–Crippen LogP) is 2.69. The molecule has 0 saturated carbocycles. The Hall–Kier alpha value is -2.78. The van der Waals surface area contributed by atoms with Crippen molar-refractivity contribution >= 4 is 17.7 Å². The second-order valence-corrected chi connectivity index (χ2v) is 10.2. The molecule has 1 aromatic carbocycles. The number of likely N-dealkylation sites (tertiary alicyclic amines) is 1. The van der Waals surface area contributed by atoms with Gasteiger partial charge in [-0.2, -0.15) is 0 Å². The van der Waals surface area contributed by atoms with E-state index in [4.69, 9.17) is 4.74 Å². The summed E-state index contributed by atoms with van der Waals surface area (Å²) in [5, 5.41) is 2.95. The van der Waals surface area contributed by atoms with Crippen molar-refractivity contribution in [2.45, 2.75) is 52.0 Å². The molecule has 3 amide bonds. The topological polar surface area (TPSA) is 82.2 Å². The fourth-order valence-electron chi connectivity index (χ4n) is 5.34. The lowest BCUT2D eigenvalue weighted by atomic mass is 9.88. The molecular weight excluding hydrogens is 475 g/mol. The smallest absolute Gasteiger partial charge is 0.251 e. The molecule has 1 atom stereocenters. The zero-order valence-corrected chi connectivity index (χ0v) is 21.8. The summed E-state index contributed by atoms with van der Waals surface area (Å²) in [6, 6.07) is 6.03. The number of ether oxygens (including phenoxy) is 1. The maximum atomic E-state index is 13.6.